The number of nitrogens with one attached hydrogen (secondary N) is 2. The van der Waals surface area contributed by atoms with E-state index in [2.05, 4.69) is 41.6 Å². The number of aryl methyl sites for hydroxylation is 2. The summed E-state index contributed by atoms with van der Waals surface area (Å²) >= 11 is 0. The van der Waals surface area contributed by atoms with Gasteiger partial charge in [-0.3, -0.25) is 0 Å². The van der Waals surface area contributed by atoms with E-state index in [1.165, 1.54) is 6.42 Å². The molecule has 2 N–H and O–H groups in total. The molecule has 112 valence electrons. The quantitative estimate of drug-likeness (QED) is 0.641. The van der Waals surface area contributed by atoms with Crippen LogP contribution in [0.25, 0.3) is 0 Å². The van der Waals surface area contributed by atoms with Crippen molar-refractivity contribution >= 4 is 5.96 Å². The van der Waals surface area contributed by atoms with Gasteiger partial charge in [0.25, 0.3) is 0 Å². The summed E-state index contributed by atoms with van der Waals surface area (Å²) in [5.41, 5.74) is 2.49. The van der Waals surface area contributed by atoms with E-state index in [1.54, 1.807) is 0 Å². The van der Waals surface area contributed by atoms with E-state index in [1.807, 2.05) is 13.8 Å². The third-order valence-electron chi connectivity index (χ3n) is 4.15. The van der Waals surface area contributed by atoms with Crippen molar-refractivity contribution in [1.82, 2.24) is 15.8 Å². The molecule has 1 heterocycles. The molecule has 0 radical (unpaired) electrons. The first-order chi connectivity index (χ1) is 9.44. The molecular weight excluding hydrogens is 252 g/mol. The van der Waals surface area contributed by atoms with Gasteiger partial charge < -0.3 is 15.2 Å². The first-order valence-corrected chi connectivity index (χ1v) is 7.38. The van der Waals surface area contributed by atoms with E-state index >= 15 is 0 Å². The Kier molecular flexibility index (Phi) is 4.35. The summed E-state index contributed by atoms with van der Waals surface area (Å²) in [4.78, 5) is 4.62. The lowest BCUT2D eigenvalue weighted by atomic mass is 10.1. The highest BCUT2D eigenvalue weighted by molar-refractivity contribution is 5.79. The molecule has 1 aliphatic carbocycles. The van der Waals surface area contributed by atoms with Gasteiger partial charge in [0, 0.05) is 18.7 Å². The first kappa shape index (κ1) is 14.9. The van der Waals surface area contributed by atoms with E-state index in [-0.39, 0.29) is 0 Å². The molecule has 1 aromatic heterocycles. The number of aromatic nitrogens is 1. The Morgan fingerprint density at radius 3 is 2.60 bits per heavy atom. The number of hydrogen-bond donors (Lipinski definition) is 2. The van der Waals surface area contributed by atoms with Crippen LogP contribution in [0, 0.1) is 25.2 Å². The van der Waals surface area contributed by atoms with Gasteiger partial charge in [-0.2, -0.15) is 0 Å². The summed E-state index contributed by atoms with van der Waals surface area (Å²) in [7, 11) is 0. The molecule has 0 saturated heterocycles. The molecule has 1 aromatic rings. The molecule has 2 rings (SSSR count). The van der Waals surface area contributed by atoms with Crippen molar-refractivity contribution in [3.63, 3.8) is 0 Å². The van der Waals surface area contributed by atoms with Crippen LogP contribution in [0.2, 0.25) is 0 Å². The minimum absolute atomic E-state index is 0.492. The van der Waals surface area contributed by atoms with Gasteiger partial charge in [-0.25, -0.2) is 4.99 Å². The Morgan fingerprint density at radius 2 is 2.10 bits per heavy atom. The molecule has 0 aromatic carbocycles. The van der Waals surface area contributed by atoms with Crippen LogP contribution < -0.4 is 10.6 Å². The van der Waals surface area contributed by atoms with Crippen LogP contribution in [0.5, 0.6) is 0 Å². The Morgan fingerprint density at radius 1 is 1.40 bits per heavy atom. The zero-order chi connectivity index (χ0) is 14.8. The van der Waals surface area contributed by atoms with Crippen LogP contribution in [-0.4, -0.2) is 24.2 Å². The maximum atomic E-state index is 5.16. The normalized spacial score (nSPS) is 20.9. The fourth-order valence-corrected chi connectivity index (χ4v) is 2.37. The molecule has 1 aliphatic rings. The molecule has 0 amide bonds. The minimum atomic E-state index is 0.492. The highest BCUT2D eigenvalue weighted by Crippen LogP contribution is 2.50. The third kappa shape index (κ3) is 3.52. The highest BCUT2D eigenvalue weighted by Gasteiger charge is 2.45. The van der Waals surface area contributed by atoms with Gasteiger partial charge in [0.1, 0.15) is 5.76 Å². The van der Waals surface area contributed by atoms with Crippen molar-refractivity contribution in [2.75, 3.05) is 13.1 Å². The SMILES string of the molecule is CCNC(=NCc1c(C)noc1C)NCC1CC1(C)C. The first-order valence-electron chi connectivity index (χ1n) is 7.38. The summed E-state index contributed by atoms with van der Waals surface area (Å²) in [5, 5.41) is 10.7. The van der Waals surface area contributed by atoms with Gasteiger partial charge >= 0.3 is 0 Å². The molecule has 1 atom stereocenters. The van der Waals surface area contributed by atoms with Crippen LogP contribution in [0.3, 0.4) is 0 Å². The topological polar surface area (TPSA) is 62.5 Å². The second kappa shape index (κ2) is 5.85. The van der Waals surface area contributed by atoms with Crippen molar-refractivity contribution in [3.8, 4) is 0 Å². The number of nitrogens with zero attached hydrogens (tertiary/aromatic N) is 2. The second-order valence-corrected chi connectivity index (χ2v) is 6.27. The van der Waals surface area contributed by atoms with Gasteiger partial charge in [-0.05, 0) is 38.5 Å². The lowest BCUT2D eigenvalue weighted by Crippen LogP contribution is -2.38. The average Bonchev–Trinajstić information content (AvgIpc) is 2.87. The van der Waals surface area contributed by atoms with Gasteiger partial charge in [0.15, 0.2) is 5.96 Å². The van der Waals surface area contributed by atoms with E-state index < -0.39 is 0 Å². The molecule has 5 nitrogen and oxygen atoms in total. The summed E-state index contributed by atoms with van der Waals surface area (Å²) in [6.07, 6.45) is 1.29. The fourth-order valence-electron chi connectivity index (χ4n) is 2.37. The average molecular weight is 278 g/mol. The molecular formula is C15H26N4O. The standard InChI is InChI=1S/C15H26N4O/c1-6-16-14(17-8-12-7-15(12,4)5)18-9-13-10(2)19-20-11(13)3/h12H,6-9H2,1-5H3,(H2,16,17,18). The Hall–Kier alpha value is -1.52. The van der Waals surface area contributed by atoms with Gasteiger partial charge in [0.2, 0.25) is 0 Å². The molecule has 1 saturated carbocycles. The zero-order valence-electron chi connectivity index (χ0n) is 13.2. The van der Waals surface area contributed by atoms with Gasteiger partial charge in [-0.1, -0.05) is 19.0 Å². The maximum absolute atomic E-state index is 5.16. The molecule has 0 spiro atoms. The summed E-state index contributed by atoms with van der Waals surface area (Å²) in [6, 6.07) is 0. The third-order valence-corrected chi connectivity index (χ3v) is 4.15. The predicted molar refractivity (Wildman–Crippen MR) is 80.7 cm³/mol. The molecule has 20 heavy (non-hydrogen) atoms. The second-order valence-electron chi connectivity index (χ2n) is 6.27. The van der Waals surface area contributed by atoms with E-state index in [0.717, 1.165) is 42.0 Å². The number of aliphatic imine (C=N–C) groups is 1. The largest absolute Gasteiger partial charge is 0.361 e. The number of guanidine groups is 1. The van der Waals surface area contributed by atoms with Crippen LogP contribution in [0.15, 0.2) is 9.52 Å². The maximum Gasteiger partial charge on any atom is 0.191 e. The summed E-state index contributed by atoms with van der Waals surface area (Å²) < 4.78 is 5.16. The molecule has 5 heteroatoms. The van der Waals surface area contributed by atoms with Crippen molar-refractivity contribution in [1.29, 1.82) is 0 Å². The Balaban J connectivity index is 1.92. The minimum Gasteiger partial charge on any atom is -0.361 e. The molecule has 0 aliphatic heterocycles. The zero-order valence-corrected chi connectivity index (χ0v) is 13.2. The Labute approximate surface area is 121 Å². The van der Waals surface area contributed by atoms with Crippen LogP contribution in [0.1, 0.15) is 44.2 Å². The summed E-state index contributed by atoms with van der Waals surface area (Å²) in [5.74, 6) is 2.48. The lowest BCUT2D eigenvalue weighted by Gasteiger charge is -2.12. The molecule has 1 unspecified atom stereocenters. The Bertz CT molecular complexity index is 471. The predicted octanol–water partition coefficient (Wildman–Crippen LogP) is 2.39. The van der Waals surface area contributed by atoms with Crippen molar-refractivity contribution in [2.45, 2.75) is 47.6 Å². The van der Waals surface area contributed by atoms with Crippen LogP contribution >= 0.6 is 0 Å². The molecule has 1 fully saturated rings. The van der Waals surface area contributed by atoms with E-state index in [4.69, 9.17) is 4.52 Å². The van der Waals surface area contributed by atoms with Crippen molar-refractivity contribution in [2.24, 2.45) is 16.3 Å². The number of rotatable bonds is 5. The van der Waals surface area contributed by atoms with Gasteiger partial charge in [-0.15, -0.1) is 0 Å². The van der Waals surface area contributed by atoms with Crippen molar-refractivity contribution in [3.05, 3.63) is 17.0 Å². The van der Waals surface area contributed by atoms with Crippen molar-refractivity contribution < 1.29 is 4.52 Å². The van der Waals surface area contributed by atoms with Crippen LogP contribution in [-0.2, 0) is 6.54 Å². The molecule has 0 bridgehead atoms. The highest BCUT2D eigenvalue weighted by atomic mass is 16.5. The van der Waals surface area contributed by atoms with E-state index in [0.29, 0.717) is 12.0 Å². The lowest BCUT2D eigenvalue weighted by molar-refractivity contribution is 0.392. The smallest absolute Gasteiger partial charge is 0.191 e. The monoisotopic (exact) mass is 278 g/mol. The fraction of sp³-hybridized carbons (Fsp3) is 0.733. The van der Waals surface area contributed by atoms with E-state index in [9.17, 15) is 0 Å². The van der Waals surface area contributed by atoms with Gasteiger partial charge in [0.05, 0.1) is 12.2 Å². The van der Waals surface area contributed by atoms with Crippen LogP contribution in [0.4, 0.5) is 0 Å². The summed E-state index contributed by atoms with van der Waals surface area (Å²) in [6.45, 7) is 13.0. The number of hydrogen-bond acceptors (Lipinski definition) is 3.